The molecule has 4 aromatic rings. The zero-order valence-electron chi connectivity index (χ0n) is 39.4. The van der Waals surface area contributed by atoms with Gasteiger partial charge in [-0.15, -0.1) is 6.07 Å². The molecule has 0 aliphatic rings. The molecule has 0 saturated heterocycles. The van der Waals surface area contributed by atoms with Crippen molar-refractivity contribution in [3.05, 3.63) is 117 Å². The topological polar surface area (TPSA) is 32.1 Å². The van der Waals surface area contributed by atoms with Crippen LogP contribution in [0, 0.1) is 6.07 Å². The number of alkyl halides is 24. The van der Waals surface area contributed by atoms with Gasteiger partial charge in [-0.05, 0) is 68.3 Å². The fourth-order valence-electron chi connectivity index (χ4n) is 7.13. The molecule has 0 saturated carbocycles. The van der Waals surface area contributed by atoms with E-state index in [4.69, 9.17) is 14.0 Å². The Labute approximate surface area is 418 Å². The van der Waals surface area contributed by atoms with Crippen LogP contribution < -0.4 is 18.9 Å². The number of rotatable bonds is 20. The number of benzene rings is 4. The summed E-state index contributed by atoms with van der Waals surface area (Å²) in [7, 11) is -3.26. The van der Waals surface area contributed by atoms with Crippen LogP contribution in [0.1, 0.15) is 129 Å². The van der Waals surface area contributed by atoms with E-state index >= 15 is 0 Å². The summed E-state index contributed by atoms with van der Waals surface area (Å²) in [4.78, 5) is -0.229. The summed E-state index contributed by atoms with van der Waals surface area (Å²) in [5, 5.41) is 0. The molecule has 76 heavy (non-hydrogen) atoms. The minimum atomic E-state index is -5.62. The molecule has 0 bridgehead atoms. The summed E-state index contributed by atoms with van der Waals surface area (Å²) in [6.45, 7) is 2.83. The fourth-order valence-corrected chi connectivity index (χ4v) is 7.13. The molecule has 4 nitrogen and oxygen atoms in total. The standard InChI is InChI=1S/C39H40BF18NO3.C8H3F6/c1-3-5-6-7-8-9-10-11-12-13-14-15-59(4-2)33-31(39(56,57)58)22-28(38(53,54)55)23-32(33)62-40(60-29-18-24(34(41,42)43)16-25(19-29)35(44,45)46)61-30-20-26(36(47,48)49)17-27(21-30)37(50,51)52;9-7(10,11)5-2-1-3-6(4-5)8(12,13)14/h16-23H,3-15H2,1-2H3;2-4H/q;-1/p+1. The molecular weight excluding hydrogens is 1090 g/mol. The summed E-state index contributed by atoms with van der Waals surface area (Å²) in [5.74, 6) is -4.64. The number of halogens is 24. The molecule has 0 aliphatic heterocycles. The molecule has 4 rings (SSSR count). The highest BCUT2D eigenvalue weighted by molar-refractivity contribution is 6.39. The molecular formula is C47H44BF24NO3. The van der Waals surface area contributed by atoms with Gasteiger partial charge in [0.25, 0.3) is 0 Å². The Kier molecular flexibility index (Phi) is 22.1. The van der Waals surface area contributed by atoms with Crippen LogP contribution in [0.3, 0.4) is 0 Å². The van der Waals surface area contributed by atoms with E-state index in [1.165, 1.54) is 6.92 Å². The second-order valence-electron chi connectivity index (χ2n) is 16.8. The monoisotopic (exact) mass is 1140 g/mol. The maximum atomic E-state index is 14.7. The highest BCUT2D eigenvalue weighted by Crippen LogP contribution is 2.45. The van der Waals surface area contributed by atoms with Gasteiger partial charge in [0.05, 0.1) is 40.9 Å². The van der Waals surface area contributed by atoms with Gasteiger partial charge in [-0.2, -0.15) is 124 Å². The molecule has 1 atom stereocenters. The third-order valence-corrected chi connectivity index (χ3v) is 10.9. The molecule has 0 fully saturated rings. The Morgan fingerprint density at radius 3 is 1.00 bits per heavy atom. The number of quaternary nitrogens is 1. The van der Waals surface area contributed by atoms with Crippen molar-refractivity contribution in [1.29, 1.82) is 0 Å². The number of unbranched alkanes of at least 4 members (excludes halogenated alkanes) is 10. The van der Waals surface area contributed by atoms with Gasteiger partial charge in [0, 0.05) is 0 Å². The van der Waals surface area contributed by atoms with Crippen LogP contribution in [0.2, 0.25) is 0 Å². The van der Waals surface area contributed by atoms with E-state index in [1.807, 2.05) is 0 Å². The molecule has 1 N–H and O–H groups in total. The Morgan fingerprint density at radius 1 is 0.368 bits per heavy atom. The largest absolute Gasteiger partial charge is 0.864 e. The van der Waals surface area contributed by atoms with Gasteiger partial charge in [0.1, 0.15) is 17.1 Å². The maximum Gasteiger partial charge on any atom is 0.864 e. The van der Waals surface area contributed by atoms with Crippen molar-refractivity contribution < 1.29 is 124 Å². The molecule has 0 radical (unpaired) electrons. The summed E-state index contributed by atoms with van der Waals surface area (Å²) in [6.07, 6.45) is -34.0. The number of hydrogen-bond donors (Lipinski definition) is 1. The summed E-state index contributed by atoms with van der Waals surface area (Å²) in [6, 6.07) is 0.976. The fraction of sp³-hybridized carbons (Fsp3) is 0.489. The predicted octanol–water partition coefficient (Wildman–Crippen LogP) is 17.7. The van der Waals surface area contributed by atoms with Gasteiger partial charge in [0.2, 0.25) is 0 Å². The highest BCUT2D eigenvalue weighted by atomic mass is 19.4. The first kappa shape index (κ1) is 64.9. The Morgan fingerprint density at radius 2 is 0.684 bits per heavy atom. The van der Waals surface area contributed by atoms with Crippen LogP contribution in [0.15, 0.2) is 66.7 Å². The van der Waals surface area contributed by atoms with Gasteiger partial charge >= 0.3 is 56.7 Å². The van der Waals surface area contributed by atoms with Crippen LogP contribution in [-0.2, 0) is 49.4 Å². The second-order valence-corrected chi connectivity index (χ2v) is 16.8. The maximum absolute atomic E-state index is 14.7. The van der Waals surface area contributed by atoms with Gasteiger partial charge in [-0.3, -0.25) is 4.90 Å². The van der Waals surface area contributed by atoms with E-state index in [2.05, 4.69) is 6.92 Å². The molecule has 0 aliphatic carbocycles. The lowest BCUT2D eigenvalue weighted by Crippen LogP contribution is -3.07. The van der Waals surface area contributed by atoms with Gasteiger partial charge in [0.15, 0.2) is 11.4 Å². The Balaban J connectivity index is 0.000000935. The van der Waals surface area contributed by atoms with E-state index in [0.717, 1.165) is 51.4 Å². The Hall–Kier alpha value is -5.38. The summed E-state index contributed by atoms with van der Waals surface area (Å²) >= 11 is 0. The lowest BCUT2D eigenvalue weighted by molar-refractivity contribution is -0.831. The number of nitrogens with one attached hydrogen (secondary N) is 1. The normalized spacial score (nSPS) is 13.5. The molecule has 4 aromatic carbocycles. The lowest BCUT2D eigenvalue weighted by atomic mass is 10.0. The Bertz CT molecular complexity index is 2280. The van der Waals surface area contributed by atoms with Crippen molar-refractivity contribution in [2.45, 2.75) is 134 Å². The van der Waals surface area contributed by atoms with E-state index in [0.29, 0.717) is 25.0 Å². The van der Waals surface area contributed by atoms with Crippen LogP contribution >= 0.6 is 0 Å². The number of hydrogen-bond acceptors (Lipinski definition) is 3. The van der Waals surface area contributed by atoms with Gasteiger partial charge in [-0.1, -0.05) is 75.8 Å². The average Bonchev–Trinajstić information content (AvgIpc) is 3.27. The minimum absolute atomic E-state index is 0.0521. The highest BCUT2D eigenvalue weighted by Gasteiger charge is 2.47. The third kappa shape index (κ3) is 20.5. The van der Waals surface area contributed by atoms with Crippen LogP contribution in [0.25, 0.3) is 0 Å². The summed E-state index contributed by atoms with van der Waals surface area (Å²) < 4.78 is 338. The van der Waals surface area contributed by atoms with Crippen molar-refractivity contribution in [3.63, 3.8) is 0 Å². The van der Waals surface area contributed by atoms with Crippen LogP contribution in [-0.4, -0.2) is 20.4 Å². The van der Waals surface area contributed by atoms with Crippen molar-refractivity contribution in [2.75, 3.05) is 13.1 Å². The van der Waals surface area contributed by atoms with Crippen molar-refractivity contribution in [3.8, 4) is 17.2 Å². The van der Waals surface area contributed by atoms with Crippen molar-refractivity contribution >= 4 is 13.0 Å². The molecule has 0 aromatic heterocycles. The minimum Gasteiger partial charge on any atom is -0.490 e. The van der Waals surface area contributed by atoms with Gasteiger partial charge < -0.3 is 14.0 Å². The average molecular weight is 1140 g/mol. The zero-order chi connectivity index (χ0) is 57.9. The van der Waals surface area contributed by atoms with Crippen molar-refractivity contribution in [2.24, 2.45) is 0 Å². The van der Waals surface area contributed by atoms with E-state index in [9.17, 15) is 105 Å². The van der Waals surface area contributed by atoms with Crippen molar-refractivity contribution in [1.82, 2.24) is 0 Å². The molecule has 29 heteroatoms. The van der Waals surface area contributed by atoms with E-state index in [1.54, 1.807) is 6.07 Å². The first-order valence-corrected chi connectivity index (χ1v) is 22.6. The zero-order valence-corrected chi connectivity index (χ0v) is 39.4. The molecule has 0 amide bonds. The molecule has 0 spiro atoms. The molecule has 1 unspecified atom stereocenters. The third-order valence-electron chi connectivity index (χ3n) is 10.9. The first-order valence-electron chi connectivity index (χ1n) is 22.6. The predicted molar refractivity (Wildman–Crippen MR) is 225 cm³/mol. The first-order chi connectivity index (χ1) is 34.7. The van der Waals surface area contributed by atoms with E-state index < -0.39 is 136 Å². The van der Waals surface area contributed by atoms with Crippen LogP contribution in [0.5, 0.6) is 17.2 Å². The van der Waals surface area contributed by atoms with E-state index in [-0.39, 0.29) is 66.9 Å². The smallest absolute Gasteiger partial charge is 0.490 e. The van der Waals surface area contributed by atoms with Crippen LogP contribution in [0.4, 0.5) is 111 Å². The second kappa shape index (κ2) is 25.8. The lowest BCUT2D eigenvalue weighted by Gasteiger charge is -2.26. The summed E-state index contributed by atoms with van der Waals surface area (Å²) in [5.41, 5.74) is -16.2. The van der Waals surface area contributed by atoms with Gasteiger partial charge in [-0.25, -0.2) is 0 Å². The SMILES string of the molecule is CCCCCCCCCCCCC[NH+](CC)c1c(OB(Oc2cc(C(F)(F)F)cc(C(F)(F)F)c2)Oc2cc(C(F)(F)F)cc(C(F)(F)F)c2)cc(C(F)(F)F)cc1C(F)(F)F.FC(F)(F)c1c[c-]cc(C(F)(F)F)c1. The molecule has 426 valence electrons. The molecule has 0 heterocycles. The quantitative estimate of drug-likeness (QED) is 0.0414.